The molecule has 118 valence electrons. The highest BCUT2D eigenvalue weighted by Crippen LogP contribution is 2.33. The number of nitrogens with two attached hydrogens (primary N) is 1. The van der Waals surface area contributed by atoms with Gasteiger partial charge in [0.1, 0.15) is 11.6 Å². The van der Waals surface area contributed by atoms with Gasteiger partial charge in [0.25, 0.3) is 0 Å². The summed E-state index contributed by atoms with van der Waals surface area (Å²) in [5, 5.41) is 0. The van der Waals surface area contributed by atoms with E-state index in [0.29, 0.717) is 24.7 Å². The summed E-state index contributed by atoms with van der Waals surface area (Å²) in [7, 11) is 0. The Bertz CT molecular complexity index is 595. The molecule has 1 aromatic rings. The Morgan fingerprint density at radius 1 is 1.23 bits per heavy atom. The van der Waals surface area contributed by atoms with Crippen LogP contribution in [0.4, 0.5) is 15.8 Å². The number of ether oxygens (including phenoxy) is 2. The van der Waals surface area contributed by atoms with Crippen molar-refractivity contribution in [1.82, 2.24) is 0 Å². The molecule has 2 fully saturated rings. The number of morpholine rings is 1. The summed E-state index contributed by atoms with van der Waals surface area (Å²) in [6.07, 6.45) is 4.49. The van der Waals surface area contributed by atoms with Crippen molar-refractivity contribution in [2.45, 2.75) is 25.0 Å². The van der Waals surface area contributed by atoms with Crippen molar-refractivity contribution in [3.8, 4) is 0 Å². The molecule has 3 heterocycles. The standard InChI is InChI=1S/C16H20FN3O2/c17-15-5-11(20-9-14(6-18)21-10-20)1-4-16(15)19-7-12-2-3-13(8-19)22-12/h1,4-5,9,12-13H,2-3,6-8,10,18H2. The highest BCUT2D eigenvalue weighted by atomic mass is 19.1. The predicted molar refractivity (Wildman–Crippen MR) is 82.1 cm³/mol. The predicted octanol–water partition coefficient (Wildman–Crippen LogP) is 1.79. The van der Waals surface area contributed by atoms with Crippen LogP contribution in [0.1, 0.15) is 12.8 Å². The third-order valence-electron chi connectivity index (χ3n) is 4.54. The topological polar surface area (TPSA) is 51.0 Å². The van der Waals surface area contributed by atoms with Gasteiger partial charge in [-0.3, -0.25) is 0 Å². The summed E-state index contributed by atoms with van der Waals surface area (Å²) in [5.74, 6) is 0.516. The van der Waals surface area contributed by atoms with Crippen LogP contribution in [0.2, 0.25) is 0 Å². The molecule has 0 saturated carbocycles. The first kappa shape index (κ1) is 13.8. The second kappa shape index (κ2) is 5.44. The van der Waals surface area contributed by atoms with E-state index < -0.39 is 0 Å². The third kappa shape index (κ3) is 2.42. The van der Waals surface area contributed by atoms with E-state index in [1.165, 1.54) is 0 Å². The number of hydrogen-bond acceptors (Lipinski definition) is 5. The van der Waals surface area contributed by atoms with Crippen LogP contribution in [-0.4, -0.2) is 38.6 Å². The fraction of sp³-hybridized carbons (Fsp3) is 0.500. The molecule has 2 unspecified atom stereocenters. The quantitative estimate of drug-likeness (QED) is 0.922. The molecule has 6 heteroatoms. The lowest BCUT2D eigenvalue weighted by Crippen LogP contribution is -2.43. The van der Waals surface area contributed by atoms with Crippen molar-refractivity contribution in [2.24, 2.45) is 5.73 Å². The Hall–Kier alpha value is -1.79. The van der Waals surface area contributed by atoms with E-state index in [1.54, 1.807) is 6.07 Å². The van der Waals surface area contributed by atoms with Crippen LogP contribution >= 0.6 is 0 Å². The van der Waals surface area contributed by atoms with Gasteiger partial charge in [0.05, 0.1) is 24.4 Å². The molecule has 1 aromatic carbocycles. The average Bonchev–Trinajstić information content (AvgIpc) is 3.13. The summed E-state index contributed by atoms with van der Waals surface area (Å²) in [6, 6.07) is 5.34. The van der Waals surface area contributed by atoms with Crippen molar-refractivity contribution in [2.75, 3.05) is 36.2 Å². The first-order valence-electron chi connectivity index (χ1n) is 7.73. The van der Waals surface area contributed by atoms with Gasteiger partial charge >= 0.3 is 0 Å². The highest BCUT2D eigenvalue weighted by Gasteiger charge is 2.34. The lowest BCUT2D eigenvalue weighted by molar-refractivity contribution is 0.0303. The van der Waals surface area contributed by atoms with Gasteiger partial charge in [-0.15, -0.1) is 0 Å². The van der Waals surface area contributed by atoms with Gasteiger partial charge in [-0.05, 0) is 31.0 Å². The van der Waals surface area contributed by atoms with Gasteiger partial charge in [-0.25, -0.2) is 4.39 Å². The molecule has 2 N–H and O–H groups in total. The first-order valence-corrected chi connectivity index (χ1v) is 7.73. The van der Waals surface area contributed by atoms with Crippen molar-refractivity contribution in [3.05, 3.63) is 36.0 Å². The van der Waals surface area contributed by atoms with E-state index in [1.807, 2.05) is 23.2 Å². The molecule has 0 spiro atoms. The van der Waals surface area contributed by atoms with Crippen LogP contribution in [0.5, 0.6) is 0 Å². The van der Waals surface area contributed by atoms with Crippen molar-refractivity contribution in [1.29, 1.82) is 0 Å². The zero-order chi connectivity index (χ0) is 15.1. The first-order chi connectivity index (χ1) is 10.7. The molecule has 0 radical (unpaired) electrons. The number of halogens is 1. The van der Waals surface area contributed by atoms with Crippen LogP contribution in [0.3, 0.4) is 0 Å². The molecule has 2 saturated heterocycles. The second-order valence-electron chi connectivity index (χ2n) is 6.04. The second-order valence-corrected chi connectivity index (χ2v) is 6.04. The van der Waals surface area contributed by atoms with E-state index in [0.717, 1.165) is 31.6 Å². The summed E-state index contributed by atoms with van der Waals surface area (Å²) in [4.78, 5) is 3.96. The van der Waals surface area contributed by atoms with Gasteiger partial charge in [0.15, 0.2) is 6.73 Å². The van der Waals surface area contributed by atoms with Crippen LogP contribution < -0.4 is 15.5 Å². The summed E-state index contributed by atoms with van der Waals surface area (Å²) in [6.45, 7) is 2.29. The van der Waals surface area contributed by atoms with Crippen LogP contribution in [-0.2, 0) is 9.47 Å². The maximum absolute atomic E-state index is 14.5. The largest absolute Gasteiger partial charge is 0.474 e. The van der Waals surface area contributed by atoms with Crippen LogP contribution in [0, 0.1) is 5.82 Å². The Morgan fingerprint density at radius 3 is 2.64 bits per heavy atom. The number of hydrogen-bond donors (Lipinski definition) is 1. The van der Waals surface area contributed by atoms with E-state index in [-0.39, 0.29) is 18.0 Å². The summed E-state index contributed by atoms with van der Waals surface area (Å²) in [5.41, 5.74) is 6.98. The van der Waals surface area contributed by atoms with Gasteiger partial charge in [0, 0.05) is 25.0 Å². The Balaban J connectivity index is 1.54. The zero-order valence-electron chi connectivity index (χ0n) is 12.4. The average molecular weight is 305 g/mol. The third-order valence-corrected chi connectivity index (χ3v) is 4.54. The molecule has 22 heavy (non-hydrogen) atoms. The molecule has 0 aromatic heterocycles. The van der Waals surface area contributed by atoms with E-state index in [4.69, 9.17) is 15.2 Å². The number of benzene rings is 1. The molecule has 5 nitrogen and oxygen atoms in total. The fourth-order valence-electron chi connectivity index (χ4n) is 3.40. The van der Waals surface area contributed by atoms with Crippen molar-refractivity contribution in [3.63, 3.8) is 0 Å². The van der Waals surface area contributed by atoms with E-state index >= 15 is 0 Å². The van der Waals surface area contributed by atoms with E-state index in [2.05, 4.69) is 4.90 Å². The minimum atomic E-state index is -0.201. The Kier molecular flexibility index (Phi) is 3.43. The molecular weight excluding hydrogens is 285 g/mol. The lowest BCUT2D eigenvalue weighted by Gasteiger charge is -2.34. The smallest absolute Gasteiger partial charge is 0.165 e. The number of rotatable bonds is 3. The maximum atomic E-state index is 14.5. The number of anilines is 2. The molecule has 3 aliphatic rings. The molecule has 0 aliphatic carbocycles. The number of fused-ring (bicyclic) bond motifs is 2. The fourth-order valence-corrected chi connectivity index (χ4v) is 3.40. The van der Waals surface area contributed by atoms with Gasteiger partial charge < -0.3 is 25.0 Å². The summed E-state index contributed by atoms with van der Waals surface area (Å²) < 4.78 is 25.8. The molecular formula is C16H20FN3O2. The molecule has 2 atom stereocenters. The van der Waals surface area contributed by atoms with Crippen molar-refractivity contribution >= 4 is 11.4 Å². The minimum Gasteiger partial charge on any atom is -0.474 e. The van der Waals surface area contributed by atoms with Crippen molar-refractivity contribution < 1.29 is 13.9 Å². The molecule has 4 rings (SSSR count). The van der Waals surface area contributed by atoms with Gasteiger partial charge in [0.2, 0.25) is 0 Å². The molecule has 3 aliphatic heterocycles. The van der Waals surface area contributed by atoms with Crippen LogP contribution in [0.15, 0.2) is 30.2 Å². The minimum absolute atomic E-state index is 0.201. The number of nitrogens with zero attached hydrogens (tertiary/aromatic N) is 2. The maximum Gasteiger partial charge on any atom is 0.165 e. The Morgan fingerprint density at radius 2 is 2.00 bits per heavy atom. The highest BCUT2D eigenvalue weighted by molar-refractivity contribution is 5.59. The van der Waals surface area contributed by atoms with Crippen LogP contribution in [0.25, 0.3) is 0 Å². The zero-order valence-corrected chi connectivity index (χ0v) is 12.4. The molecule has 2 bridgehead atoms. The SMILES string of the molecule is NCC1=CN(c2ccc(N3CC4CCC(C3)O4)c(F)c2)CO1. The summed E-state index contributed by atoms with van der Waals surface area (Å²) >= 11 is 0. The monoisotopic (exact) mass is 305 g/mol. The normalized spacial score (nSPS) is 27.1. The van der Waals surface area contributed by atoms with E-state index in [9.17, 15) is 4.39 Å². The van der Waals surface area contributed by atoms with Gasteiger partial charge in [-0.1, -0.05) is 0 Å². The van der Waals surface area contributed by atoms with Gasteiger partial charge in [-0.2, -0.15) is 0 Å². The Labute approximate surface area is 129 Å². The lowest BCUT2D eigenvalue weighted by atomic mass is 10.2. The molecule has 0 amide bonds.